The molecule has 2 nitrogen and oxygen atoms in total. The summed E-state index contributed by atoms with van der Waals surface area (Å²) in [5.74, 6) is 1.01. The standard InChI is InChI=1S/C11H23NOS/c1-11(13)5-8-12(9-6-11)7-3-2-4-10-14/h13-14H,2-10H2,1H3. The van der Waals surface area contributed by atoms with Crippen LogP contribution in [-0.2, 0) is 0 Å². The summed E-state index contributed by atoms with van der Waals surface area (Å²) < 4.78 is 0. The topological polar surface area (TPSA) is 23.5 Å². The maximum Gasteiger partial charge on any atom is 0.0644 e. The Morgan fingerprint density at radius 3 is 2.43 bits per heavy atom. The third-order valence-corrected chi connectivity index (χ3v) is 3.38. The van der Waals surface area contributed by atoms with Crippen LogP contribution in [0.3, 0.4) is 0 Å². The zero-order valence-corrected chi connectivity index (χ0v) is 10.1. The maximum atomic E-state index is 9.77. The van der Waals surface area contributed by atoms with Gasteiger partial charge in [-0.3, -0.25) is 0 Å². The second-order valence-corrected chi connectivity index (χ2v) is 5.07. The smallest absolute Gasteiger partial charge is 0.0644 e. The zero-order chi connectivity index (χ0) is 10.4. The van der Waals surface area contributed by atoms with Crippen molar-refractivity contribution in [2.75, 3.05) is 25.4 Å². The Labute approximate surface area is 93.1 Å². The first kappa shape index (κ1) is 12.3. The van der Waals surface area contributed by atoms with Gasteiger partial charge < -0.3 is 10.0 Å². The first-order chi connectivity index (χ1) is 6.64. The van der Waals surface area contributed by atoms with Crippen LogP contribution in [0.1, 0.15) is 39.0 Å². The van der Waals surface area contributed by atoms with Crippen molar-refractivity contribution >= 4 is 12.6 Å². The normalized spacial score (nSPS) is 22.5. The first-order valence-electron chi connectivity index (χ1n) is 5.70. The van der Waals surface area contributed by atoms with Crippen LogP contribution in [0.2, 0.25) is 0 Å². The van der Waals surface area contributed by atoms with Gasteiger partial charge in [-0.05, 0) is 44.9 Å². The molecule has 0 aliphatic carbocycles. The van der Waals surface area contributed by atoms with Gasteiger partial charge in [-0.25, -0.2) is 0 Å². The highest BCUT2D eigenvalue weighted by molar-refractivity contribution is 7.80. The molecule has 0 spiro atoms. The third kappa shape index (κ3) is 4.67. The number of thiol groups is 1. The molecule has 0 amide bonds. The van der Waals surface area contributed by atoms with Crippen molar-refractivity contribution in [2.24, 2.45) is 0 Å². The predicted molar refractivity (Wildman–Crippen MR) is 64.0 cm³/mol. The molecule has 1 rings (SSSR count). The van der Waals surface area contributed by atoms with Gasteiger partial charge in [-0.15, -0.1) is 0 Å². The molecular weight excluding hydrogens is 194 g/mol. The van der Waals surface area contributed by atoms with E-state index >= 15 is 0 Å². The molecule has 0 unspecified atom stereocenters. The predicted octanol–water partition coefficient (Wildman–Crippen LogP) is 1.93. The number of nitrogens with zero attached hydrogens (tertiary/aromatic N) is 1. The van der Waals surface area contributed by atoms with Crippen LogP contribution in [0.4, 0.5) is 0 Å². The molecule has 3 heteroatoms. The molecule has 0 saturated carbocycles. The molecule has 1 aliphatic rings. The van der Waals surface area contributed by atoms with Crippen LogP contribution < -0.4 is 0 Å². The molecule has 1 N–H and O–H groups in total. The highest BCUT2D eigenvalue weighted by Crippen LogP contribution is 2.21. The number of piperidine rings is 1. The van der Waals surface area contributed by atoms with E-state index in [0.29, 0.717) is 0 Å². The molecular formula is C11H23NOS. The molecule has 0 aromatic rings. The number of unbranched alkanes of at least 4 members (excludes halogenated alkanes) is 2. The summed E-state index contributed by atoms with van der Waals surface area (Å²) >= 11 is 4.20. The Morgan fingerprint density at radius 1 is 1.21 bits per heavy atom. The molecule has 0 radical (unpaired) electrons. The van der Waals surface area contributed by atoms with Gasteiger partial charge in [0.05, 0.1) is 5.60 Å². The molecule has 1 aliphatic heterocycles. The van der Waals surface area contributed by atoms with E-state index in [0.717, 1.165) is 31.7 Å². The van der Waals surface area contributed by atoms with E-state index in [1.165, 1.54) is 25.8 Å². The molecule has 14 heavy (non-hydrogen) atoms. The van der Waals surface area contributed by atoms with Gasteiger partial charge >= 0.3 is 0 Å². The summed E-state index contributed by atoms with van der Waals surface area (Å²) in [4.78, 5) is 2.47. The highest BCUT2D eigenvalue weighted by Gasteiger charge is 2.26. The number of hydrogen-bond donors (Lipinski definition) is 2. The molecule has 1 saturated heterocycles. The molecule has 0 bridgehead atoms. The first-order valence-corrected chi connectivity index (χ1v) is 6.33. The summed E-state index contributed by atoms with van der Waals surface area (Å²) in [5, 5.41) is 9.77. The van der Waals surface area contributed by atoms with Crippen molar-refractivity contribution in [1.29, 1.82) is 0 Å². The monoisotopic (exact) mass is 217 g/mol. The van der Waals surface area contributed by atoms with Gasteiger partial charge in [0.1, 0.15) is 0 Å². The van der Waals surface area contributed by atoms with Crippen molar-refractivity contribution < 1.29 is 5.11 Å². The SMILES string of the molecule is CC1(O)CCN(CCCCCS)CC1. The summed E-state index contributed by atoms with van der Waals surface area (Å²) in [7, 11) is 0. The van der Waals surface area contributed by atoms with E-state index in [9.17, 15) is 5.11 Å². The molecule has 0 atom stereocenters. The largest absolute Gasteiger partial charge is 0.390 e. The van der Waals surface area contributed by atoms with Crippen molar-refractivity contribution in [2.45, 2.75) is 44.6 Å². The fourth-order valence-corrected chi connectivity index (χ4v) is 2.11. The van der Waals surface area contributed by atoms with E-state index in [2.05, 4.69) is 17.5 Å². The fourth-order valence-electron chi connectivity index (χ4n) is 1.88. The van der Waals surface area contributed by atoms with Gasteiger partial charge in [-0.1, -0.05) is 6.42 Å². The maximum absolute atomic E-state index is 9.77. The van der Waals surface area contributed by atoms with Gasteiger partial charge in [0.2, 0.25) is 0 Å². The lowest BCUT2D eigenvalue weighted by molar-refractivity contribution is -0.00551. The van der Waals surface area contributed by atoms with Crippen molar-refractivity contribution in [3.8, 4) is 0 Å². The third-order valence-electron chi connectivity index (χ3n) is 3.07. The molecule has 0 aromatic carbocycles. The number of hydrogen-bond acceptors (Lipinski definition) is 3. The van der Waals surface area contributed by atoms with Crippen LogP contribution in [0.15, 0.2) is 0 Å². The lowest BCUT2D eigenvalue weighted by Gasteiger charge is -2.35. The van der Waals surface area contributed by atoms with E-state index in [-0.39, 0.29) is 0 Å². The average Bonchev–Trinajstić information content (AvgIpc) is 2.15. The van der Waals surface area contributed by atoms with Crippen molar-refractivity contribution in [1.82, 2.24) is 4.90 Å². The summed E-state index contributed by atoms with van der Waals surface area (Å²) in [6.07, 6.45) is 5.66. The second-order valence-electron chi connectivity index (χ2n) is 4.62. The number of likely N-dealkylation sites (tertiary alicyclic amines) is 1. The van der Waals surface area contributed by atoms with Crippen LogP contribution in [-0.4, -0.2) is 41.0 Å². The Morgan fingerprint density at radius 2 is 1.86 bits per heavy atom. The Bertz CT molecular complexity index is 151. The van der Waals surface area contributed by atoms with E-state index in [1.54, 1.807) is 0 Å². The Balaban J connectivity index is 2.04. The van der Waals surface area contributed by atoms with Crippen LogP contribution in [0, 0.1) is 0 Å². The lowest BCUT2D eigenvalue weighted by Crippen LogP contribution is -2.42. The van der Waals surface area contributed by atoms with Crippen molar-refractivity contribution in [3.05, 3.63) is 0 Å². The van der Waals surface area contributed by atoms with E-state index in [1.807, 2.05) is 6.92 Å². The van der Waals surface area contributed by atoms with Gasteiger partial charge in [0.25, 0.3) is 0 Å². The minimum Gasteiger partial charge on any atom is -0.390 e. The van der Waals surface area contributed by atoms with Crippen LogP contribution in [0.25, 0.3) is 0 Å². The quantitative estimate of drug-likeness (QED) is 0.543. The summed E-state index contributed by atoms with van der Waals surface area (Å²) in [6, 6.07) is 0. The van der Waals surface area contributed by atoms with Gasteiger partial charge in [-0.2, -0.15) is 12.6 Å². The summed E-state index contributed by atoms with van der Waals surface area (Å²) in [6.45, 7) is 5.27. The highest BCUT2D eigenvalue weighted by atomic mass is 32.1. The minimum atomic E-state index is -0.401. The number of aliphatic hydroxyl groups is 1. The van der Waals surface area contributed by atoms with E-state index in [4.69, 9.17) is 0 Å². The van der Waals surface area contributed by atoms with Crippen LogP contribution >= 0.6 is 12.6 Å². The zero-order valence-electron chi connectivity index (χ0n) is 9.21. The molecule has 84 valence electrons. The lowest BCUT2D eigenvalue weighted by atomic mass is 9.94. The average molecular weight is 217 g/mol. The Hall–Kier alpha value is 0.270. The Kier molecular flexibility index (Phi) is 5.28. The molecule has 1 fully saturated rings. The molecule has 1 heterocycles. The minimum absolute atomic E-state index is 0.401. The second kappa shape index (κ2) is 5.99. The molecule has 0 aromatic heterocycles. The van der Waals surface area contributed by atoms with Gasteiger partial charge in [0.15, 0.2) is 0 Å². The van der Waals surface area contributed by atoms with Crippen molar-refractivity contribution in [3.63, 3.8) is 0 Å². The number of rotatable bonds is 5. The summed E-state index contributed by atoms with van der Waals surface area (Å²) in [5.41, 5.74) is -0.401. The van der Waals surface area contributed by atoms with Gasteiger partial charge in [0, 0.05) is 13.1 Å². The fraction of sp³-hybridized carbons (Fsp3) is 1.00. The van der Waals surface area contributed by atoms with Crippen LogP contribution in [0.5, 0.6) is 0 Å². The van der Waals surface area contributed by atoms with E-state index < -0.39 is 5.60 Å².